The van der Waals surface area contributed by atoms with Gasteiger partial charge in [0.05, 0.1) is 17.8 Å². The summed E-state index contributed by atoms with van der Waals surface area (Å²) < 4.78 is 24.4. The smallest absolute Gasteiger partial charge is 0.408 e. The molecule has 63 heavy (non-hydrogen) atoms. The lowest BCUT2D eigenvalue weighted by atomic mass is 9.85. The highest BCUT2D eigenvalue weighted by Gasteiger charge is 2.61. The summed E-state index contributed by atoms with van der Waals surface area (Å²) in [4.78, 5) is 68.1. The number of pyridine rings is 1. The largest absolute Gasteiger partial charge is 0.491 e. The fourth-order valence-electron chi connectivity index (χ4n) is 8.73. The Hall–Kier alpha value is -5.13. The van der Waals surface area contributed by atoms with Crippen LogP contribution in [-0.2, 0) is 19.1 Å². The Morgan fingerprint density at radius 3 is 2.51 bits per heavy atom. The van der Waals surface area contributed by atoms with Crippen molar-refractivity contribution in [3.05, 3.63) is 42.1 Å². The highest BCUT2D eigenvalue weighted by molar-refractivity contribution is 6.36. The van der Waals surface area contributed by atoms with Crippen molar-refractivity contribution in [2.45, 2.75) is 110 Å². The van der Waals surface area contributed by atoms with Gasteiger partial charge in [-0.2, -0.15) is 4.98 Å². The number of ether oxygens (including phenoxy) is 3. The number of carboxylic acid groups (broad SMARTS) is 1. The molecule has 5 N–H and O–H groups in total. The quantitative estimate of drug-likeness (QED) is 0.113. The van der Waals surface area contributed by atoms with E-state index in [9.17, 15) is 24.3 Å². The van der Waals surface area contributed by atoms with Gasteiger partial charge in [0.15, 0.2) is 0 Å². The van der Waals surface area contributed by atoms with Gasteiger partial charge in [-0.1, -0.05) is 45.4 Å². The maximum Gasteiger partial charge on any atom is 0.408 e. The number of likely N-dealkylation sites (tertiary alicyclic amines) is 1. The zero-order valence-electron chi connectivity index (χ0n) is 37.0. The molecule has 2 aromatic heterocycles. The Morgan fingerprint density at radius 1 is 1.10 bits per heavy atom. The van der Waals surface area contributed by atoms with Crippen LogP contribution in [0.3, 0.4) is 0 Å². The van der Waals surface area contributed by atoms with E-state index in [2.05, 4.69) is 44.7 Å². The zero-order valence-corrected chi connectivity index (χ0v) is 37.8. The number of halogens is 1. The van der Waals surface area contributed by atoms with Crippen molar-refractivity contribution in [3.8, 4) is 22.9 Å². The summed E-state index contributed by atoms with van der Waals surface area (Å²) in [7, 11) is 0. The molecule has 2 aliphatic carbocycles. The second-order valence-electron chi connectivity index (χ2n) is 18.7. The molecule has 342 valence electrons. The van der Waals surface area contributed by atoms with E-state index in [-0.39, 0.29) is 36.6 Å². The van der Waals surface area contributed by atoms with Crippen molar-refractivity contribution in [2.24, 2.45) is 17.3 Å². The molecule has 0 bridgehead atoms. The van der Waals surface area contributed by atoms with E-state index in [1.54, 1.807) is 18.2 Å². The average molecular weight is 893 g/mol. The summed E-state index contributed by atoms with van der Waals surface area (Å²) in [6, 6.07) is 3.37. The summed E-state index contributed by atoms with van der Waals surface area (Å²) in [5.74, 6) is -1.66. The van der Waals surface area contributed by atoms with Gasteiger partial charge in [0.2, 0.25) is 11.8 Å². The number of aliphatic carboxylic acids is 1. The normalized spacial score (nSPS) is 25.4. The molecule has 1 aromatic carbocycles. The molecular formula is C45H61ClN8O9. The molecule has 2 saturated heterocycles. The van der Waals surface area contributed by atoms with Crippen molar-refractivity contribution in [2.75, 3.05) is 51.2 Å². The molecule has 7 atom stereocenters. The molecule has 4 fully saturated rings. The number of hydrogen-bond acceptors (Lipinski definition) is 13. The maximum atomic E-state index is 14.8. The summed E-state index contributed by atoms with van der Waals surface area (Å²) in [6.45, 7) is 20.0. The lowest BCUT2D eigenvalue weighted by Gasteiger charge is -2.35. The number of carbonyl (C=O) groups excluding carboxylic acids is 3. The highest BCUT2D eigenvalue weighted by Crippen LogP contribution is 2.45. The first kappa shape index (κ1) is 45.9. The number of alkyl carbamates (subject to hydrolysis) is 1. The number of nitrogens with zero attached hydrogens (tertiary/aromatic N) is 4. The minimum Gasteiger partial charge on any atom is -0.491 e. The van der Waals surface area contributed by atoms with E-state index in [4.69, 9.17) is 35.2 Å². The number of nitrogens with one attached hydrogen (secondary N) is 4. The van der Waals surface area contributed by atoms with Gasteiger partial charge in [-0.25, -0.2) is 14.6 Å². The fraction of sp³-hybridized carbons (Fsp3) is 0.600. The zero-order chi connectivity index (χ0) is 45.2. The van der Waals surface area contributed by atoms with E-state index in [1.807, 2.05) is 34.6 Å². The molecule has 2 saturated carbocycles. The predicted octanol–water partition coefficient (Wildman–Crippen LogP) is 5.47. The topological polar surface area (TPSA) is 210 Å². The summed E-state index contributed by atoms with van der Waals surface area (Å²) in [5, 5.41) is 23.0. The van der Waals surface area contributed by atoms with Gasteiger partial charge >= 0.3 is 12.1 Å². The Morgan fingerprint density at radius 2 is 1.86 bits per heavy atom. The Kier molecular flexibility index (Phi) is 13.8. The number of piperazine rings is 1. The number of carboxylic acids is 1. The molecule has 3 amide bonds. The van der Waals surface area contributed by atoms with Gasteiger partial charge in [-0.3, -0.25) is 14.5 Å². The summed E-state index contributed by atoms with van der Waals surface area (Å²) in [6.07, 6.45) is 3.81. The van der Waals surface area contributed by atoms with E-state index in [1.165, 1.54) is 17.2 Å². The SMILES string of the molecule is C=C[C@@H]1C[C@]1(NC(=O)[C@@H]1C[C@@H](Oc2cc(-c3coc(NC(C)C)n3)nc3c(Cl)c(OCCN4CCNCC4)ccc23)CN1C(=O)[C@@H](NC(=O)OC1CC[C@@H](C)C1)C(C)(C)C)C(=O)O. The van der Waals surface area contributed by atoms with Gasteiger partial charge in [0.1, 0.15) is 64.9 Å². The molecule has 4 heterocycles. The first-order chi connectivity index (χ1) is 29.9. The van der Waals surface area contributed by atoms with E-state index < -0.39 is 58.9 Å². The van der Waals surface area contributed by atoms with Crippen LogP contribution < -0.4 is 30.7 Å². The second-order valence-corrected chi connectivity index (χ2v) is 19.1. The first-order valence-corrected chi connectivity index (χ1v) is 22.4. The standard InChI is InChI=1S/C45H61ClN8O9/c1-8-27-22-45(27,41(57)58)52-39(55)33-20-29(23-54(33)40(56)38(44(5,6)7)51-43(59)63-28-10-9-26(4)19-28)62-35-21-31(32-24-61-42(50-32)48-25(2)3)49-37-30(35)11-12-34(36(37)46)60-18-17-53-15-13-47-14-16-53/h8,11-12,21,24-29,33,38,47H,1,9-10,13-20,22-23H2,2-7H3,(H,48,50)(H,51,59)(H,52,55)(H,57,58)/t26-,27-,28?,29-,33+,38-,45-/m1/s1. The Balaban J connectivity index is 1.20. The molecule has 17 nitrogen and oxygen atoms in total. The van der Waals surface area contributed by atoms with Crippen LogP contribution in [0.2, 0.25) is 5.02 Å². The third kappa shape index (κ3) is 10.5. The number of fused-ring (bicyclic) bond motifs is 1. The average Bonchev–Trinajstić information content (AvgIpc) is 3.54. The molecule has 0 radical (unpaired) electrons. The van der Waals surface area contributed by atoms with E-state index >= 15 is 0 Å². The van der Waals surface area contributed by atoms with Crippen LogP contribution in [0.1, 0.15) is 73.6 Å². The molecule has 7 rings (SSSR count). The maximum absolute atomic E-state index is 14.8. The number of oxazole rings is 1. The monoisotopic (exact) mass is 892 g/mol. The van der Waals surface area contributed by atoms with Crippen LogP contribution in [0.15, 0.2) is 41.5 Å². The number of benzene rings is 1. The molecule has 1 unspecified atom stereocenters. The Labute approximate surface area is 373 Å². The minimum atomic E-state index is -1.55. The van der Waals surface area contributed by atoms with Crippen LogP contribution in [0.5, 0.6) is 11.5 Å². The Bertz CT molecular complexity index is 2190. The van der Waals surface area contributed by atoms with Crippen molar-refractivity contribution in [1.82, 2.24) is 35.7 Å². The summed E-state index contributed by atoms with van der Waals surface area (Å²) >= 11 is 7.08. The van der Waals surface area contributed by atoms with Gasteiger partial charge in [-0.15, -0.1) is 6.58 Å². The van der Waals surface area contributed by atoms with E-state index in [0.717, 1.165) is 52.0 Å². The van der Waals surface area contributed by atoms with Crippen molar-refractivity contribution in [1.29, 1.82) is 0 Å². The number of amides is 3. The number of anilines is 1. The van der Waals surface area contributed by atoms with E-state index in [0.29, 0.717) is 52.3 Å². The predicted molar refractivity (Wildman–Crippen MR) is 237 cm³/mol. The van der Waals surface area contributed by atoms with Crippen molar-refractivity contribution >= 4 is 52.4 Å². The van der Waals surface area contributed by atoms with Gasteiger partial charge in [0, 0.05) is 62.6 Å². The first-order valence-electron chi connectivity index (χ1n) is 22.0. The lowest BCUT2D eigenvalue weighted by Crippen LogP contribution is -2.59. The number of carbonyl (C=O) groups is 4. The van der Waals surface area contributed by atoms with Crippen LogP contribution in [0.25, 0.3) is 22.3 Å². The van der Waals surface area contributed by atoms with Gasteiger partial charge in [0.25, 0.3) is 6.01 Å². The highest BCUT2D eigenvalue weighted by atomic mass is 35.5. The number of rotatable bonds is 16. The number of hydrogen-bond donors (Lipinski definition) is 5. The molecule has 3 aromatic rings. The van der Waals surface area contributed by atoms with Gasteiger partial charge in [-0.05, 0) is 63.0 Å². The van der Waals surface area contributed by atoms with Gasteiger partial charge < -0.3 is 49.9 Å². The fourth-order valence-corrected chi connectivity index (χ4v) is 8.99. The third-order valence-electron chi connectivity index (χ3n) is 12.4. The molecule has 0 spiro atoms. The second kappa shape index (κ2) is 18.9. The van der Waals surface area contributed by atoms with Crippen LogP contribution in [-0.4, -0.2) is 130 Å². The lowest BCUT2D eigenvalue weighted by molar-refractivity contribution is -0.146. The number of aromatic nitrogens is 2. The minimum absolute atomic E-state index is 0.000185. The van der Waals surface area contributed by atoms with Crippen LogP contribution in [0, 0.1) is 17.3 Å². The molecular weight excluding hydrogens is 832 g/mol. The van der Waals surface area contributed by atoms with Crippen LogP contribution >= 0.6 is 11.6 Å². The van der Waals surface area contributed by atoms with Crippen molar-refractivity contribution < 1.29 is 42.9 Å². The molecule has 4 aliphatic rings. The molecule has 2 aliphatic heterocycles. The summed E-state index contributed by atoms with van der Waals surface area (Å²) in [5.41, 5.74) is -1.19. The van der Waals surface area contributed by atoms with Crippen LogP contribution in [0.4, 0.5) is 10.8 Å². The third-order valence-corrected chi connectivity index (χ3v) is 12.7. The molecule has 18 heteroatoms. The van der Waals surface area contributed by atoms with Crippen molar-refractivity contribution in [3.63, 3.8) is 0 Å².